The van der Waals surface area contributed by atoms with Gasteiger partial charge in [-0.25, -0.2) is 4.98 Å². The van der Waals surface area contributed by atoms with Crippen molar-refractivity contribution in [3.8, 4) is 0 Å². The lowest BCUT2D eigenvalue weighted by Gasteiger charge is -2.09. The molecule has 19 heavy (non-hydrogen) atoms. The van der Waals surface area contributed by atoms with Gasteiger partial charge >= 0.3 is 0 Å². The first-order valence-electron chi connectivity index (χ1n) is 6.12. The Kier molecular flexibility index (Phi) is 2.63. The van der Waals surface area contributed by atoms with E-state index in [0.29, 0.717) is 5.89 Å². The van der Waals surface area contributed by atoms with Gasteiger partial charge in [0.15, 0.2) is 11.5 Å². The first-order chi connectivity index (χ1) is 9.11. The summed E-state index contributed by atoms with van der Waals surface area (Å²) in [5.41, 5.74) is 11.3. The highest BCUT2D eigenvalue weighted by Gasteiger charge is 2.05. The lowest BCUT2D eigenvalue weighted by atomic mass is 10.2. The van der Waals surface area contributed by atoms with Gasteiger partial charge in [-0.3, -0.25) is 0 Å². The summed E-state index contributed by atoms with van der Waals surface area (Å²) < 4.78 is 5.51. The molecule has 0 atom stereocenters. The van der Waals surface area contributed by atoms with E-state index in [2.05, 4.69) is 10.3 Å². The number of nitrogens with zero attached hydrogens (tertiary/aromatic N) is 1. The maximum absolute atomic E-state index is 5.99. The maximum atomic E-state index is 5.99. The molecule has 0 radical (unpaired) electrons. The number of nitrogens with one attached hydrogen (secondary N) is 1. The molecule has 96 valence electrons. The Morgan fingerprint density at radius 2 is 1.95 bits per heavy atom. The van der Waals surface area contributed by atoms with Gasteiger partial charge in [-0.15, -0.1) is 0 Å². The predicted octanol–water partition coefficient (Wildman–Crippen LogP) is 3.77. The van der Waals surface area contributed by atoms with Crippen LogP contribution in [0.15, 0.2) is 40.8 Å². The average Bonchev–Trinajstić information content (AvgIpc) is 2.72. The molecule has 1 heterocycles. The van der Waals surface area contributed by atoms with Gasteiger partial charge in [0.05, 0.1) is 11.4 Å². The number of hydrogen-bond acceptors (Lipinski definition) is 4. The van der Waals surface area contributed by atoms with Crippen molar-refractivity contribution in [1.29, 1.82) is 0 Å². The van der Waals surface area contributed by atoms with Gasteiger partial charge < -0.3 is 15.5 Å². The molecular formula is C15H15N3O. The maximum Gasteiger partial charge on any atom is 0.192 e. The SMILES string of the molecule is Cc1ccc(Nc2ccc3nc(C)oc3c2)c(N)c1. The van der Waals surface area contributed by atoms with Crippen LogP contribution in [0.1, 0.15) is 11.5 Å². The minimum Gasteiger partial charge on any atom is -0.441 e. The molecule has 4 nitrogen and oxygen atoms in total. The summed E-state index contributed by atoms with van der Waals surface area (Å²) >= 11 is 0. The Hall–Kier alpha value is -2.49. The van der Waals surface area contributed by atoms with Crippen molar-refractivity contribution in [3.05, 3.63) is 47.9 Å². The third-order valence-corrected chi connectivity index (χ3v) is 2.98. The predicted molar refractivity (Wildman–Crippen MR) is 77.6 cm³/mol. The smallest absolute Gasteiger partial charge is 0.192 e. The Balaban J connectivity index is 1.96. The number of fused-ring (bicyclic) bond motifs is 1. The molecule has 0 aliphatic rings. The van der Waals surface area contributed by atoms with Crippen LogP contribution in [0.2, 0.25) is 0 Å². The molecule has 3 rings (SSSR count). The van der Waals surface area contributed by atoms with Crippen LogP contribution in [-0.2, 0) is 0 Å². The molecule has 0 aliphatic carbocycles. The lowest BCUT2D eigenvalue weighted by molar-refractivity contribution is 0.561. The van der Waals surface area contributed by atoms with E-state index in [0.717, 1.165) is 33.7 Å². The summed E-state index contributed by atoms with van der Waals surface area (Å²) in [6, 6.07) is 11.8. The first kappa shape index (κ1) is 11.6. The zero-order valence-corrected chi connectivity index (χ0v) is 10.9. The summed E-state index contributed by atoms with van der Waals surface area (Å²) in [5.74, 6) is 0.669. The van der Waals surface area contributed by atoms with Gasteiger partial charge in [0.1, 0.15) is 5.52 Å². The van der Waals surface area contributed by atoms with E-state index in [-0.39, 0.29) is 0 Å². The molecule has 1 aromatic heterocycles. The zero-order chi connectivity index (χ0) is 13.4. The fourth-order valence-corrected chi connectivity index (χ4v) is 2.07. The topological polar surface area (TPSA) is 64.1 Å². The number of nitrogens with two attached hydrogens (primary N) is 1. The number of benzene rings is 2. The molecule has 0 aliphatic heterocycles. The molecule has 3 N–H and O–H groups in total. The molecule has 4 heteroatoms. The van der Waals surface area contributed by atoms with Crippen molar-refractivity contribution in [2.24, 2.45) is 0 Å². The largest absolute Gasteiger partial charge is 0.441 e. The van der Waals surface area contributed by atoms with Crippen molar-refractivity contribution in [2.45, 2.75) is 13.8 Å². The van der Waals surface area contributed by atoms with Gasteiger partial charge in [0.2, 0.25) is 0 Å². The number of nitrogen functional groups attached to an aromatic ring is 1. The fraction of sp³-hybridized carbons (Fsp3) is 0.133. The molecule has 0 amide bonds. The van der Waals surface area contributed by atoms with Crippen molar-refractivity contribution in [1.82, 2.24) is 4.98 Å². The van der Waals surface area contributed by atoms with Gasteiger partial charge in [0, 0.05) is 18.7 Å². The first-order valence-corrected chi connectivity index (χ1v) is 6.12. The zero-order valence-electron chi connectivity index (χ0n) is 10.9. The van der Waals surface area contributed by atoms with Crippen LogP contribution in [-0.4, -0.2) is 4.98 Å². The van der Waals surface area contributed by atoms with Crippen LogP contribution >= 0.6 is 0 Å². The lowest BCUT2D eigenvalue weighted by Crippen LogP contribution is -1.96. The number of aromatic nitrogens is 1. The molecule has 0 fully saturated rings. The van der Waals surface area contributed by atoms with Crippen LogP contribution in [0.25, 0.3) is 11.1 Å². The Labute approximate surface area is 111 Å². The highest BCUT2D eigenvalue weighted by Crippen LogP contribution is 2.26. The molecule has 3 aromatic rings. The number of aryl methyl sites for hydroxylation is 2. The number of anilines is 3. The Morgan fingerprint density at radius 1 is 1.11 bits per heavy atom. The van der Waals surface area contributed by atoms with E-state index >= 15 is 0 Å². The quantitative estimate of drug-likeness (QED) is 0.682. The van der Waals surface area contributed by atoms with Crippen molar-refractivity contribution < 1.29 is 4.42 Å². The summed E-state index contributed by atoms with van der Waals surface area (Å²) in [5, 5.41) is 3.29. The third-order valence-electron chi connectivity index (χ3n) is 2.98. The van der Waals surface area contributed by atoms with E-state index in [1.54, 1.807) is 0 Å². The second-order valence-electron chi connectivity index (χ2n) is 4.63. The van der Waals surface area contributed by atoms with E-state index < -0.39 is 0 Å². The van der Waals surface area contributed by atoms with Gasteiger partial charge in [-0.2, -0.15) is 0 Å². The molecule has 0 unspecified atom stereocenters. The van der Waals surface area contributed by atoms with Gasteiger partial charge in [-0.1, -0.05) is 6.07 Å². The van der Waals surface area contributed by atoms with Crippen molar-refractivity contribution in [3.63, 3.8) is 0 Å². The van der Waals surface area contributed by atoms with E-state index in [1.807, 2.05) is 50.2 Å². The molecular weight excluding hydrogens is 238 g/mol. The summed E-state index contributed by atoms with van der Waals surface area (Å²) in [6.45, 7) is 3.86. The van der Waals surface area contributed by atoms with Crippen molar-refractivity contribution in [2.75, 3.05) is 11.1 Å². The highest BCUT2D eigenvalue weighted by molar-refractivity contribution is 5.81. The van der Waals surface area contributed by atoms with Crippen LogP contribution < -0.4 is 11.1 Å². The number of hydrogen-bond donors (Lipinski definition) is 2. The summed E-state index contributed by atoms with van der Waals surface area (Å²) in [7, 11) is 0. The number of rotatable bonds is 2. The molecule has 0 spiro atoms. The fourth-order valence-electron chi connectivity index (χ4n) is 2.07. The van der Waals surface area contributed by atoms with Gasteiger partial charge in [0.25, 0.3) is 0 Å². The molecule has 0 saturated carbocycles. The highest BCUT2D eigenvalue weighted by atomic mass is 16.3. The van der Waals surface area contributed by atoms with Crippen LogP contribution in [0.4, 0.5) is 17.1 Å². The summed E-state index contributed by atoms with van der Waals surface area (Å²) in [4.78, 5) is 4.27. The minimum atomic E-state index is 0.669. The van der Waals surface area contributed by atoms with E-state index in [4.69, 9.17) is 10.2 Å². The Morgan fingerprint density at radius 3 is 2.74 bits per heavy atom. The minimum absolute atomic E-state index is 0.669. The van der Waals surface area contributed by atoms with Crippen LogP contribution in [0.3, 0.4) is 0 Å². The van der Waals surface area contributed by atoms with Crippen LogP contribution in [0.5, 0.6) is 0 Å². The number of oxazole rings is 1. The monoisotopic (exact) mass is 253 g/mol. The summed E-state index contributed by atoms with van der Waals surface area (Å²) in [6.07, 6.45) is 0. The molecule has 2 aromatic carbocycles. The second-order valence-corrected chi connectivity index (χ2v) is 4.63. The van der Waals surface area contributed by atoms with Crippen LogP contribution in [0, 0.1) is 13.8 Å². The molecule has 0 saturated heterocycles. The second kappa shape index (κ2) is 4.31. The Bertz CT molecular complexity index is 746. The van der Waals surface area contributed by atoms with E-state index in [9.17, 15) is 0 Å². The van der Waals surface area contributed by atoms with Crippen molar-refractivity contribution >= 4 is 28.2 Å². The average molecular weight is 253 g/mol. The molecule has 0 bridgehead atoms. The third kappa shape index (κ3) is 2.25. The van der Waals surface area contributed by atoms with E-state index in [1.165, 1.54) is 0 Å². The standard InChI is InChI=1S/C15H15N3O/c1-9-3-5-13(12(16)7-9)18-11-4-6-14-15(8-11)19-10(2)17-14/h3-8,18H,16H2,1-2H3. The van der Waals surface area contributed by atoms with Gasteiger partial charge in [-0.05, 0) is 36.8 Å². The normalized spacial score (nSPS) is 10.8.